The fraction of sp³-hybridized carbons (Fsp3) is 0.486. The molecule has 0 saturated carbocycles. The summed E-state index contributed by atoms with van der Waals surface area (Å²) in [5.41, 5.74) is 27.6. The molecule has 0 spiro atoms. The van der Waals surface area contributed by atoms with Crippen molar-refractivity contribution in [3.05, 3.63) is 147 Å². The highest BCUT2D eigenvalue weighted by molar-refractivity contribution is 7.26. The average Bonchev–Trinajstić information content (AvgIpc) is 2.59. The van der Waals surface area contributed by atoms with Crippen LogP contribution >= 0.6 is 11.3 Å². The third kappa shape index (κ3) is 7.58. The van der Waals surface area contributed by atoms with Crippen molar-refractivity contribution in [2.75, 3.05) is 9.80 Å². The third-order valence-corrected chi connectivity index (χ3v) is 23.0. The number of thiophene rings is 1. The summed E-state index contributed by atoms with van der Waals surface area (Å²) in [7, 11) is 0. The smallest absolute Gasteiger partial charge is 0.254 e. The van der Waals surface area contributed by atoms with Gasteiger partial charge in [0, 0.05) is 33.1 Å². The minimum atomic E-state index is -0.0667. The van der Waals surface area contributed by atoms with Crippen molar-refractivity contribution in [2.45, 2.75) is 232 Å². The van der Waals surface area contributed by atoms with E-state index >= 15 is 0 Å². The Bertz CT molecular complexity index is 3710. The molecule has 0 bridgehead atoms. The van der Waals surface area contributed by atoms with Crippen LogP contribution in [-0.2, 0) is 48.7 Å². The van der Waals surface area contributed by atoms with Gasteiger partial charge in [-0.25, -0.2) is 0 Å². The van der Waals surface area contributed by atoms with Gasteiger partial charge in [-0.15, -0.1) is 11.3 Å². The first kappa shape index (κ1) is 52.3. The normalized spacial score (nSPS) is 21.9. The molecule has 0 N–H and O–H groups in total. The molecule has 6 aromatic carbocycles. The molecule has 6 aliphatic rings. The molecular weight excluding hydrogens is 960 g/mol. The Morgan fingerprint density at radius 2 is 0.808 bits per heavy atom. The predicted octanol–water partition coefficient (Wildman–Crippen LogP) is 19.3. The molecule has 2 aliphatic heterocycles. The maximum absolute atomic E-state index is 2.79. The second-order valence-electron chi connectivity index (χ2n) is 32.0. The van der Waals surface area contributed by atoms with Crippen LogP contribution in [0.2, 0.25) is 0 Å². The minimum Gasteiger partial charge on any atom is -0.311 e. The number of benzene rings is 6. The average molecular weight is 1050 g/mol. The SMILES string of the molecule is CC(C)(C)c1ccccc1-c1cc2c3c(c1)N(c1ccc4c(c1)C(C)(C)CCC4(C)C)c1sc4cc5c(cc4c1B3c1cc3c(cc1N2c1ccc2c(c1)C(C)(C)CCC2(C)C)C(C)(C)CCC3(C)C)C(C)(C)CCC5(C)C. The van der Waals surface area contributed by atoms with E-state index in [0.29, 0.717) is 0 Å². The second kappa shape index (κ2) is 16.3. The number of anilines is 6. The lowest BCUT2D eigenvalue weighted by Crippen LogP contribution is -2.61. The molecule has 0 atom stereocenters. The van der Waals surface area contributed by atoms with Crippen LogP contribution in [0, 0.1) is 0 Å². The number of hydrogen-bond donors (Lipinski definition) is 0. The van der Waals surface area contributed by atoms with Gasteiger partial charge in [0.2, 0.25) is 0 Å². The highest BCUT2D eigenvalue weighted by atomic mass is 32.1. The lowest BCUT2D eigenvalue weighted by Gasteiger charge is -2.48. The zero-order chi connectivity index (χ0) is 55.6. The van der Waals surface area contributed by atoms with E-state index in [1.165, 1.54) is 161 Å². The summed E-state index contributed by atoms with van der Waals surface area (Å²) in [6.45, 7) is 47.2. The minimum absolute atomic E-state index is 0.0121. The molecule has 7 aromatic rings. The molecule has 0 radical (unpaired) electrons. The number of nitrogens with zero attached hydrogens (tertiary/aromatic N) is 2. The Morgan fingerprint density at radius 1 is 0.397 bits per heavy atom. The van der Waals surface area contributed by atoms with Crippen LogP contribution in [0.5, 0.6) is 0 Å². The summed E-state index contributed by atoms with van der Waals surface area (Å²) in [6.07, 6.45) is 9.49. The van der Waals surface area contributed by atoms with E-state index < -0.39 is 0 Å². The number of fused-ring (bicyclic) bond motifs is 10. The van der Waals surface area contributed by atoms with E-state index in [-0.39, 0.29) is 55.4 Å². The van der Waals surface area contributed by atoms with Gasteiger partial charge in [-0.05, 0) is 238 Å². The van der Waals surface area contributed by atoms with E-state index in [2.05, 4.69) is 250 Å². The van der Waals surface area contributed by atoms with Crippen LogP contribution in [0.1, 0.15) is 233 Å². The van der Waals surface area contributed by atoms with Gasteiger partial charge in [0.1, 0.15) is 0 Å². The van der Waals surface area contributed by atoms with Gasteiger partial charge in [-0.1, -0.05) is 174 Å². The van der Waals surface area contributed by atoms with E-state index in [9.17, 15) is 0 Å². The standard InChI is InChI=1S/C74H89BN2S/c1-66(2,3)49-23-21-20-22-47(49)44-36-60-64-61(37-44)77(46-25-27-51-53(39-46)70(10,11)31-29-68(51,6)7)65-63(48-40-54-57(43-62(48)78-65)74(18,19)35-32-71(54,12)13)75(64)58-41-55-56(73(16,17)34-33-72(55,14)15)42-59(58)76(60)45-24-26-50-52(38-45)69(8,9)30-28-67(50,4)5/h20-27,36-43H,28-35H2,1-19H3. The van der Waals surface area contributed by atoms with E-state index in [4.69, 9.17) is 0 Å². The van der Waals surface area contributed by atoms with Crippen LogP contribution in [0.3, 0.4) is 0 Å². The van der Waals surface area contributed by atoms with Crippen molar-refractivity contribution >= 4 is 78.0 Å². The molecule has 4 heteroatoms. The maximum atomic E-state index is 2.79. The van der Waals surface area contributed by atoms with Gasteiger partial charge >= 0.3 is 0 Å². The second-order valence-corrected chi connectivity index (χ2v) is 33.1. The first-order valence-corrected chi connectivity index (χ1v) is 31.0. The lowest BCUT2D eigenvalue weighted by molar-refractivity contribution is 0.332. The summed E-state index contributed by atoms with van der Waals surface area (Å²) < 4.78 is 1.42. The molecule has 0 amide bonds. The van der Waals surface area contributed by atoms with Crippen molar-refractivity contribution in [3.8, 4) is 11.1 Å². The molecule has 2 nitrogen and oxygen atoms in total. The molecule has 3 heterocycles. The number of rotatable bonds is 3. The summed E-state index contributed by atoms with van der Waals surface area (Å²) in [4.78, 5) is 5.58. The van der Waals surface area contributed by atoms with Crippen molar-refractivity contribution in [1.82, 2.24) is 0 Å². The van der Waals surface area contributed by atoms with Crippen LogP contribution in [0.4, 0.5) is 33.4 Å². The van der Waals surface area contributed by atoms with E-state index in [1.807, 2.05) is 0 Å². The Kier molecular flexibility index (Phi) is 11.0. The third-order valence-electron chi connectivity index (χ3n) is 21.9. The van der Waals surface area contributed by atoms with Crippen molar-refractivity contribution in [1.29, 1.82) is 0 Å². The molecule has 0 fully saturated rings. The molecular formula is C74H89BN2S. The molecule has 404 valence electrons. The molecule has 4 aliphatic carbocycles. The van der Waals surface area contributed by atoms with Crippen LogP contribution in [-0.4, -0.2) is 6.71 Å². The molecule has 1 aromatic heterocycles. The molecule has 78 heavy (non-hydrogen) atoms. The molecule has 0 unspecified atom stereocenters. The van der Waals surface area contributed by atoms with Gasteiger partial charge < -0.3 is 9.80 Å². The van der Waals surface area contributed by atoms with Gasteiger partial charge in [-0.2, -0.15) is 0 Å². The summed E-state index contributed by atoms with van der Waals surface area (Å²) in [6, 6.07) is 40.9. The monoisotopic (exact) mass is 1050 g/mol. The highest BCUT2D eigenvalue weighted by Gasteiger charge is 2.50. The van der Waals surface area contributed by atoms with Crippen LogP contribution in [0.15, 0.2) is 97.1 Å². The van der Waals surface area contributed by atoms with Gasteiger partial charge in [-0.3, -0.25) is 0 Å². The first-order valence-electron chi connectivity index (χ1n) is 30.2. The highest BCUT2D eigenvalue weighted by Crippen LogP contribution is 2.57. The lowest BCUT2D eigenvalue weighted by atomic mass is 9.33. The van der Waals surface area contributed by atoms with E-state index in [0.717, 1.165) is 0 Å². The van der Waals surface area contributed by atoms with Gasteiger partial charge in [0.25, 0.3) is 6.71 Å². The number of hydrogen-bond acceptors (Lipinski definition) is 3. The molecule has 13 rings (SSSR count). The maximum Gasteiger partial charge on any atom is 0.254 e. The van der Waals surface area contributed by atoms with Gasteiger partial charge in [0.15, 0.2) is 0 Å². The van der Waals surface area contributed by atoms with Crippen molar-refractivity contribution in [3.63, 3.8) is 0 Å². The van der Waals surface area contributed by atoms with Crippen LogP contribution in [0.25, 0.3) is 21.2 Å². The summed E-state index contributed by atoms with van der Waals surface area (Å²) in [5.74, 6) is 0. The zero-order valence-electron chi connectivity index (χ0n) is 51.3. The summed E-state index contributed by atoms with van der Waals surface area (Å²) in [5, 5.41) is 2.83. The quantitative estimate of drug-likeness (QED) is 0.163. The Hall–Kier alpha value is -5.06. The van der Waals surface area contributed by atoms with E-state index in [1.54, 1.807) is 11.1 Å². The topological polar surface area (TPSA) is 6.48 Å². The predicted molar refractivity (Wildman–Crippen MR) is 341 cm³/mol. The van der Waals surface area contributed by atoms with Crippen molar-refractivity contribution < 1.29 is 0 Å². The largest absolute Gasteiger partial charge is 0.311 e. The Morgan fingerprint density at radius 3 is 1.31 bits per heavy atom. The van der Waals surface area contributed by atoms with Crippen molar-refractivity contribution in [2.24, 2.45) is 0 Å². The van der Waals surface area contributed by atoms with Gasteiger partial charge in [0.05, 0.1) is 5.00 Å². The fourth-order valence-electron chi connectivity index (χ4n) is 16.1. The summed E-state index contributed by atoms with van der Waals surface area (Å²) >= 11 is 2.06. The fourth-order valence-corrected chi connectivity index (χ4v) is 17.4. The zero-order valence-corrected chi connectivity index (χ0v) is 52.1. The Labute approximate surface area is 474 Å². The van der Waals surface area contributed by atoms with Crippen LogP contribution < -0.4 is 26.2 Å². The Balaban J connectivity index is 1.22. The molecule has 0 saturated heterocycles. The first-order chi connectivity index (χ1) is 36.2.